The van der Waals surface area contributed by atoms with Gasteiger partial charge in [-0.2, -0.15) is 0 Å². The Morgan fingerprint density at radius 1 is 1.23 bits per heavy atom. The number of guanidine groups is 1. The highest BCUT2D eigenvalue weighted by atomic mass is 16.5. The number of hydrogen-bond acceptors (Lipinski definition) is 4. The molecule has 2 aliphatic rings. The van der Waals surface area contributed by atoms with Crippen molar-refractivity contribution in [1.29, 1.82) is 0 Å². The van der Waals surface area contributed by atoms with E-state index in [1.165, 1.54) is 7.11 Å². The number of piperidine rings is 1. The van der Waals surface area contributed by atoms with Crippen LogP contribution in [-0.2, 0) is 14.3 Å². The summed E-state index contributed by atoms with van der Waals surface area (Å²) in [5, 5.41) is 3.40. The van der Waals surface area contributed by atoms with Crippen LogP contribution in [0.3, 0.4) is 0 Å². The van der Waals surface area contributed by atoms with Gasteiger partial charge in [0, 0.05) is 33.2 Å². The van der Waals surface area contributed by atoms with E-state index in [1.54, 1.807) is 19.0 Å². The van der Waals surface area contributed by atoms with Crippen molar-refractivity contribution < 1.29 is 14.3 Å². The molecular weight excluding hydrogens is 284 g/mol. The van der Waals surface area contributed by atoms with Crippen LogP contribution >= 0.6 is 0 Å². The number of likely N-dealkylation sites (tertiary alicyclic amines) is 1. The highest BCUT2D eigenvalue weighted by Gasteiger charge is 2.30. The van der Waals surface area contributed by atoms with Crippen molar-refractivity contribution in [2.75, 3.05) is 40.8 Å². The molecule has 22 heavy (non-hydrogen) atoms. The molecule has 1 amide bonds. The third-order valence-corrected chi connectivity index (χ3v) is 4.10. The molecule has 1 N–H and O–H groups in total. The molecule has 0 bridgehead atoms. The van der Waals surface area contributed by atoms with Crippen molar-refractivity contribution in [2.45, 2.75) is 31.7 Å². The third-order valence-electron chi connectivity index (χ3n) is 4.10. The molecule has 1 aliphatic carbocycles. The lowest BCUT2D eigenvalue weighted by Gasteiger charge is -2.33. The summed E-state index contributed by atoms with van der Waals surface area (Å²) in [5.74, 6) is 0.628. The van der Waals surface area contributed by atoms with Gasteiger partial charge in [-0.25, -0.2) is 4.99 Å². The number of rotatable bonds is 4. The average molecular weight is 310 g/mol. The first-order valence-electron chi connectivity index (χ1n) is 7.85. The van der Waals surface area contributed by atoms with Crippen molar-refractivity contribution in [3.05, 3.63) is 0 Å². The Labute approximate surface area is 131 Å². The summed E-state index contributed by atoms with van der Waals surface area (Å²) in [7, 11) is 4.89. The summed E-state index contributed by atoms with van der Waals surface area (Å²) in [6.45, 7) is 1.67. The zero-order chi connectivity index (χ0) is 16.1. The fourth-order valence-corrected chi connectivity index (χ4v) is 2.42. The lowest BCUT2D eigenvalue weighted by atomic mass is 9.97. The lowest BCUT2D eigenvalue weighted by molar-refractivity contribution is -0.146. The van der Waals surface area contributed by atoms with Gasteiger partial charge >= 0.3 is 5.97 Å². The van der Waals surface area contributed by atoms with Crippen LogP contribution < -0.4 is 5.32 Å². The summed E-state index contributed by atoms with van der Waals surface area (Å²) in [5.41, 5.74) is 0. The Kier molecular flexibility index (Phi) is 5.63. The van der Waals surface area contributed by atoms with Crippen LogP contribution in [0, 0.1) is 5.92 Å². The van der Waals surface area contributed by atoms with E-state index in [0.717, 1.165) is 44.7 Å². The average Bonchev–Trinajstić information content (AvgIpc) is 3.34. The van der Waals surface area contributed by atoms with Gasteiger partial charge in [-0.05, 0) is 25.7 Å². The Morgan fingerprint density at radius 2 is 1.86 bits per heavy atom. The van der Waals surface area contributed by atoms with E-state index in [9.17, 15) is 9.59 Å². The first-order chi connectivity index (χ1) is 10.5. The predicted molar refractivity (Wildman–Crippen MR) is 83.5 cm³/mol. The number of aliphatic imine (C=N–C) groups is 1. The molecule has 0 atom stereocenters. The summed E-state index contributed by atoms with van der Waals surface area (Å²) in [6.07, 6.45) is 3.83. The Morgan fingerprint density at radius 3 is 2.36 bits per heavy atom. The standard InChI is InChI=1S/C15H26N4O3/c1-18(2)13(20)10-16-15(17-12-4-5-12)19-8-6-11(7-9-19)14(21)22-3/h11-12H,4-10H2,1-3H3,(H,16,17). The summed E-state index contributed by atoms with van der Waals surface area (Å²) < 4.78 is 4.81. The molecule has 2 rings (SSSR count). The molecule has 0 aromatic rings. The highest BCUT2D eigenvalue weighted by Crippen LogP contribution is 2.22. The molecule has 0 aromatic carbocycles. The number of esters is 1. The lowest BCUT2D eigenvalue weighted by Crippen LogP contribution is -2.47. The first kappa shape index (κ1) is 16.6. The molecule has 0 unspecified atom stereocenters. The normalized spacial score (nSPS) is 19.8. The number of likely N-dealkylation sites (N-methyl/N-ethyl adjacent to an activating group) is 1. The minimum absolute atomic E-state index is 0.0143. The molecule has 0 spiro atoms. The second-order valence-electron chi connectivity index (χ2n) is 6.13. The summed E-state index contributed by atoms with van der Waals surface area (Å²) >= 11 is 0. The minimum Gasteiger partial charge on any atom is -0.469 e. The molecule has 2 fully saturated rings. The van der Waals surface area contributed by atoms with Crippen molar-refractivity contribution in [3.8, 4) is 0 Å². The maximum Gasteiger partial charge on any atom is 0.308 e. The molecule has 7 nitrogen and oxygen atoms in total. The predicted octanol–water partition coefficient (Wildman–Crippen LogP) is 0.0676. The molecular formula is C15H26N4O3. The Bertz CT molecular complexity index is 438. The van der Waals surface area contributed by atoms with E-state index < -0.39 is 0 Å². The van der Waals surface area contributed by atoms with Gasteiger partial charge in [-0.15, -0.1) is 0 Å². The summed E-state index contributed by atoms with van der Waals surface area (Å²) in [4.78, 5) is 31.5. The molecule has 1 aliphatic heterocycles. The number of carbonyl (C=O) groups excluding carboxylic acids is 2. The molecule has 0 aromatic heterocycles. The van der Waals surface area contributed by atoms with Gasteiger partial charge in [0.2, 0.25) is 5.91 Å². The Balaban J connectivity index is 1.93. The number of nitrogens with zero attached hydrogens (tertiary/aromatic N) is 3. The largest absolute Gasteiger partial charge is 0.469 e. The van der Waals surface area contributed by atoms with Gasteiger partial charge in [-0.1, -0.05) is 0 Å². The Hall–Kier alpha value is -1.79. The quantitative estimate of drug-likeness (QED) is 0.452. The molecule has 7 heteroatoms. The third kappa shape index (κ3) is 4.61. The van der Waals surface area contributed by atoms with Crippen LogP contribution in [-0.4, -0.2) is 74.5 Å². The van der Waals surface area contributed by atoms with E-state index in [4.69, 9.17) is 4.74 Å². The van der Waals surface area contributed by atoms with E-state index in [1.807, 2.05) is 0 Å². The fraction of sp³-hybridized carbons (Fsp3) is 0.800. The van der Waals surface area contributed by atoms with Crippen molar-refractivity contribution in [3.63, 3.8) is 0 Å². The van der Waals surface area contributed by atoms with Crippen molar-refractivity contribution in [2.24, 2.45) is 10.9 Å². The molecule has 0 radical (unpaired) electrons. The number of amides is 1. The number of nitrogens with one attached hydrogen (secondary N) is 1. The van der Waals surface area contributed by atoms with Crippen LogP contribution in [0.15, 0.2) is 4.99 Å². The second kappa shape index (κ2) is 7.47. The molecule has 124 valence electrons. The SMILES string of the molecule is COC(=O)C1CCN(C(=NCC(=O)N(C)C)NC2CC2)CC1. The van der Waals surface area contributed by atoms with E-state index in [-0.39, 0.29) is 24.3 Å². The van der Waals surface area contributed by atoms with Crippen LogP contribution in [0.4, 0.5) is 0 Å². The van der Waals surface area contributed by atoms with Gasteiger partial charge in [0.15, 0.2) is 5.96 Å². The highest BCUT2D eigenvalue weighted by molar-refractivity contribution is 5.85. The molecule has 1 heterocycles. The molecule has 1 saturated heterocycles. The van der Waals surface area contributed by atoms with Gasteiger partial charge in [0.25, 0.3) is 0 Å². The first-order valence-corrected chi connectivity index (χ1v) is 7.85. The fourth-order valence-electron chi connectivity index (χ4n) is 2.42. The maximum atomic E-state index is 11.7. The van der Waals surface area contributed by atoms with Gasteiger partial charge in [-0.3, -0.25) is 9.59 Å². The van der Waals surface area contributed by atoms with Crippen LogP contribution in [0.5, 0.6) is 0 Å². The zero-order valence-electron chi connectivity index (χ0n) is 13.7. The summed E-state index contributed by atoms with van der Waals surface area (Å²) in [6, 6.07) is 0.478. The van der Waals surface area contributed by atoms with E-state index >= 15 is 0 Å². The topological polar surface area (TPSA) is 74.2 Å². The second-order valence-corrected chi connectivity index (χ2v) is 6.13. The van der Waals surface area contributed by atoms with Crippen molar-refractivity contribution >= 4 is 17.8 Å². The number of carbonyl (C=O) groups is 2. The van der Waals surface area contributed by atoms with Crippen molar-refractivity contribution in [1.82, 2.24) is 15.1 Å². The zero-order valence-corrected chi connectivity index (χ0v) is 13.7. The van der Waals surface area contributed by atoms with Gasteiger partial charge < -0.3 is 19.9 Å². The van der Waals surface area contributed by atoms with E-state index in [2.05, 4.69) is 15.2 Å². The van der Waals surface area contributed by atoms with Crippen LogP contribution in [0.1, 0.15) is 25.7 Å². The van der Waals surface area contributed by atoms with Crippen LogP contribution in [0.2, 0.25) is 0 Å². The van der Waals surface area contributed by atoms with Crippen LogP contribution in [0.25, 0.3) is 0 Å². The van der Waals surface area contributed by atoms with Gasteiger partial charge in [0.05, 0.1) is 13.0 Å². The minimum atomic E-state index is -0.129. The number of hydrogen-bond donors (Lipinski definition) is 1. The molecule has 1 saturated carbocycles. The van der Waals surface area contributed by atoms with Gasteiger partial charge in [0.1, 0.15) is 6.54 Å². The monoisotopic (exact) mass is 310 g/mol. The maximum absolute atomic E-state index is 11.7. The van der Waals surface area contributed by atoms with E-state index in [0.29, 0.717) is 6.04 Å². The smallest absolute Gasteiger partial charge is 0.308 e. The number of ether oxygens (including phenoxy) is 1. The number of methoxy groups -OCH3 is 1.